The van der Waals surface area contributed by atoms with Crippen LogP contribution < -0.4 is 0 Å². The average Bonchev–Trinajstić information content (AvgIpc) is 2.26. The fourth-order valence-electron chi connectivity index (χ4n) is 1.42. The lowest BCUT2D eigenvalue weighted by Crippen LogP contribution is -2.33. The van der Waals surface area contributed by atoms with Gasteiger partial charge in [-0.2, -0.15) is 0 Å². The molecule has 7 heteroatoms. The van der Waals surface area contributed by atoms with Crippen LogP contribution in [0.15, 0.2) is 12.2 Å². The van der Waals surface area contributed by atoms with Crippen LogP contribution in [0.4, 0.5) is 0 Å². The van der Waals surface area contributed by atoms with Crippen LogP contribution in [0.2, 0.25) is 0 Å². The summed E-state index contributed by atoms with van der Waals surface area (Å²) in [6, 6.07) is 0. The maximum atomic E-state index is 11.5. The molecule has 0 aliphatic rings. The van der Waals surface area contributed by atoms with Crippen LogP contribution in [-0.4, -0.2) is 35.3 Å². The highest BCUT2D eigenvalue weighted by Crippen LogP contribution is 2.22. The van der Waals surface area contributed by atoms with Crippen molar-refractivity contribution in [3.8, 4) is 0 Å². The Morgan fingerprint density at radius 2 is 1.67 bits per heavy atom. The summed E-state index contributed by atoms with van der Waals surface area (Å²) in [4.78, 5) is 20.1. The maximum absolute atomic E-state index is 11.5. The van der Waals surface area contributed by atoms with Gasteiger partial charge in [0.05, 0.1) is 18.8 Å². The molecular weight excluding hydrogens is 295 g/mol. The predicted molar refractivity (Wildman–Crippen MR) is 81.4 cm³/mol. The van der Waals surface area contributed by atoms with Gasteiger partial charge in [0.25, 0.3) is 0 Å². The molecule has 0 rings (SSSR count). The average molecular weight is 322 g/mol. The number of esters is 1. The van der Waals surface area contributed by atoms with Crippen molar-refractivity contribution in [2.45, 2.75) is 58.7 Å². The second-order valence-electron chi connectivity index (χ2n) is 6.15. The smallest absolute Gasteiger partial charge is 0.333 e. The van der Waals surface area contributed by atoms with E-state index in [1.54, 1.807) is 6.92 Å². The van der Waals surface area contributed by atoms with Crippen LogP contribution in [0, 0.1) is 0 Å². The van der Waals surface area contributed by atoms with Crippen LogP contribution >= 0.6 is 8.25 Å². The van der Waals surface area contributed by atoms with E-state index >= 15 is 0 Å². The molecule has 0 aromatic heterocycles. The summed E-state index contributed by atoms with van der Waals surface area (Å²) in [5, 5.41) is 0. The first-order valence-corrected chi connectivity index (χ1v) is 8.10. The molecule has 124 valence electrons. The molecule has 0 radical (unpaired) electrons. The molecule has 0 fully saturated rings. The van der Waals surface area contributed by atoms with Crippen molar-refractivity contribution >= 4 is 14.2 Å². The van der Waals surface area contributed by atoms with E-state index in [-0.39, 0.29) is 6.61 Å². The van der Waals surface area contributed by atoms with Gasteiger partial charge >= 0.3 is 14.2 Å². The molecule has 0 amide bonds. The third-order valence-corrected chi connectivity index (χ3v) is 3.30. The molecule has 0 bridgehead atoms. The lowest BCUT2D eigenvalue weighted by atomic mass is 10.0. The highest BCUT2D eigenvalue weighted by atomic mass is 31.1. The molecule has 0 aromatic rings. The summed E-state index contributed by atoms with van der Waals surface area (Å²) in [7, 11) is -2.89. The monoisotopic (exact) mass is 322 g/mol. The van der Waals surface area contributed by atoms with Crippen LogP contribution in [0.25, 0.3) is 0 Å². The van der Waals surface area contributed by atoms with Gasteiger partial charge in [-0.25, -0.2) is 4.79 Å². The zero-order valence-electron chi connectivity index (χ0n) is 13.5. The van der Waals surface area contributed by atoms with Crippen molar-refractivity contribution in [2.75, 3.05) is 13.2 Å². The van der Waals surface area contributed by atoms with E-state index < -0.39 is 25.4 Å². The Morgan fingerprint density at radius 3 is 2.14 bits per heavy atom. The fraction of sp³-hybridized carbons (Fsp3) is 0.786. The van der Waals surface area contributed by atoms with E-state index in [2.05, 4.69) is 11.1 Å². The van der Waals surface area contributed by atoms with Gasteiger partial charge in [0, 0.05) is 12.0 Å². The van der Waals surface area contributed by atoms with Gasteiger partial charge < -0.3 is 18.9 Å². The van der Waals surface area contributed by atoms with Crippen LogP contribution in [0.5, 0.6) is 0 Å². The first kappa shape index (κ1) is 20.3. The molecule has 6 nitrogen and oxygen atoms in total. The van der Waals surface area contributed by atoms with Crippen molar-refractivity contribution in [3.05, 3.63) is 12.2 Å². The summed E-state index contributed by atoms with van der Waals surface area (Å²) in [5.41, 5.74) is -0.759. The molecule has 1 N–H and O–H groups in total. The Balaban J connectivity index is 4.12. The Hall–Kier alpha value is -0.680. The van der Waals surface area contributed by atoms with Gasteiger partial charge in [-0.15, -0.1) is 0 Å². The molecule has 0 heterocycles. The third kappa shape index (κ3) is 10.7. The molecule has 1 unspecified atom stereocenters. The minimum atomic E-state index is -2.89. The van der Waals surface area contributed by atoms with E-state index in [1.165, 1.54) is 0 Å². The highest BCUT2D eigenvalue weighted by Gasteiger charge is 2.25. The molecule has 0 aliphatic carbocycles. The second kappa shape index (κ2) is 8.69. The van der Waals surface area contributed by atoms with E-state index in [9.17, 15) is 9.36 Å². The Labute approximate surface area is 127 Å². The van der Waals surface area contributed by atoms with E-state index in [0.29, 0.717) is 25.0 Å². The predicted octanol–water partition coefficient (Wildman–Crippen LogP) is 2.86. The minimum absolute atomic E-state index is 0.162. The van der Waals surface area contributed by atoms with Gasteiger partial charge in [0.15, 0.2) is 0 Å². The van der Waals surface area contributed by atoms with Crippen molar-refractivity contribution in [1.82, 2.24) is 0 Å². The zero-order chi connectivity index (χ0) is 16.7. The molecule has 0 aromatic carbocycles. The Morgan fingerprint density at radius 1 is 1.14 bits per heavy atom. The number of carbonyl (C=O) groups is 1. The standard InChI is InChI=1S/C14H27O6P/c1-11(2)12(15)20-14(5,6)7-9-18-13(3,4)8-10-19-21(16)17/h21H,1,7-10H2,2-6H3,(H,16,17). The number of hydrogen-bond acceptors (Lipinski definition) is 5. The van der Waals surface area contributed by atoms with Gasteiger partial charge in [-0.3, -0.25) is 4.57 Å². The quantitative estimate of drug-likeness (QED) is 0.378. The minimum Gasteiger partial charge on any atom is -0.456 e. The van der Waals surface area contributed by atoms with Crippen LogP contribution in [0.3, 0.4) is 0 Å². The molecular formula is C14H27O6P. The Kier molecular flexibility index (Phi) is 8.41. The summed E-state index contributed by atoms with van der Waals surface area (Å²) in [5.74, 6) is -0.416. The molecule has 0 spiro atoms. The van der Waals surface area contributed by atoms with Crippen molar-refractivity contribution in [3.63, 3.8) is 0 Å². The maximum Gasteiger partial charge on any atom is 0.333 e. The van der Waals surface area contributed by atoms with E-state index in [1.807, 2.05) is 27.7 Å². The molecule has 0 saturated heterocycles. The van der Waals surface area contributed by atoms with Crippen molar-refractivity contribution in [2.24, 2.45) is 0 Å². The lowest BCUT2D eigenvalue weighted by molar-refractivity contribution is -0.154. The van der Waals surface area contributed by atoms with Crippen LogP contribution in [0.1, 0.15) is 47.5 Å². The summed E-state index contributed by atoms with van der Waals surface area (Å²) >= 11 is 0. The van der Waals surface area contributed by atoms with Crippen molar-refractivity contribution < 1.29 is 28.3 Å². The fourth-order valence-corrected chi connectivity index (χ4v) is 1.70. The SMILES string of the molecule is C=C(C)C(=O)OC(C)(C)CCOC(C)(C)CCO[PH](=O)O. The van der Waals surface area contributed by atoms with Crippen LogP contribution in [-0.2, 0) is 23.4 Å². The van der Waals surface area contributed by atoms with Gasteiger partial charge in [-0.1, -0.05) is 6.58 Å². The largest absolute Gasteiger partial charge is 0.456 e. The summed E-state index contributed by atoms with van der Waals surface area (Å²) in [6.07, 6.45) is 1.03. The van der Waals surface area contributed by atoms with Crippen molar-refractivity contribution in [1.29, 1.82) is 0 Å². The first-order valence-electron chi connectivity index (χ1n) is 6.84. The molecule has 0 saturated carbocycles. The number of carbonyl (C=O) groups excluding carboxylic acids is 1. The summed E-state index contributed by atoms with van der Waals surface area (Å²) < 4.78 is 26.1. The number of ether oxygens (including phenoxy) is 2. The summed E-state index contributed by atoms with van der Waals surface area (Å²) in [6.45, 7) is 13.1. The first-order chi connectivity index (χ1) is 9.45. The molecule has 21 heavy (non-hydrogen) atoms. The number of hydrogen-bond donors (Lipinski definition) is 1. The van der Waals surface area contributed by atoms with Gasteiger partial charge in [-0.05, 0) is 41.0 Å². The lowest BCUT2D eigenvalue weighted by Gasteiger charge is -2.29. The molecule has 1 atom stereocenters. The number of rotatable bonds is 10. The normalized spacial score (nSPS) is 13.8. The topological polar surface area (TPSA) is 82.1 Å². The van der Waals surface area contributed by atoms with Gasteiger partial charge in [0.1, 0.15) is 5.60 Å². The zero-order valence-corrected chi connectivity index (χ0v) is 14.5. The third-order valence-electron chi connectivity index (χ3n) is 2.84. The van der Waals surface area contributed by atoms with E-state index in [0.717, 1.165) is 0 Å². The van der Waals surface area contributed by atoms with Gasteiger partial charge in [0.2, 0.25) is 0 Å². The molecule has 0 aliphatic heterocycles. The second-order valence-corrected chi connectivity index (χ2v) is 6.97. The van der Waals surface area contributed by atoms with E-state index in [4.69, 9.17) is 14.4 Å². The highest BCUT2D eigenvalue weighted by molar-refractivity contribution is 7.32. The Bertz CT molecular complexity index is 389.